The van der Waals surface area contributed by atoms with E-state index in [0.29, 0.717) is 12.0 Å². The number of hydrogen-bond acceptors (Lipinski definition) is 3. The monoisotopic (exact) mass is 313 g/mol. The van der Waals surface area contributed by atoms with Crippen molar-refractivity contribution in [2.24, 2.45) is 0 Å². The van der Waals surface area contributed by atoms with Crippen LogP contribution < -0.4 is 10.1 Å². The van der Waals surface area contributed by atoms with Crippen molar-refractivity contribution < 1.29 is 9.13 Å². The highest BCUT2D eigenvalue weighted by atomic mass is 35.5. The van der Waals surface area contributed by atoms with Crippen LogP contribution in [-0.4, -0.2) is 13.7 Å². The van der Waals surface area contributed by atoms with Gasteiger partial charge in [-0.3, -0.25) is 0 Å². The molecule has 2 rings (SSSR count). The van der Waals surface area contributed by atoms with Crippen LogP contribution in [-0.2, 0) is 6.42 Å². The van der Waals surface area contributed by atoms with E-state index >= 15 is 0 Å². The number of hydrogen-bond donors (Lipinski definition) is 1. The van der Waals surface area contributed by atoms with Crippen molar-refractivity contribution in [1.82, 2.24) is 5.32 Å². The van der Waals surface area contributed by atoms with Gasteiger partial charge in [-0.15, -0.1) is 11.3 Å². The third kappa shape index (κ3) is 3.51. The van der Waals surface area contributed by atoms with Crippen molar-refractivity contribution in [2.75, 3.05) is 13.7 Å². The Morgan fingerprint density at radius 1 is 1.45 bits per heavy atom. The Balaban J connectivity index is 2.23. The van der Waals surface area contributed by atoms with Gasteiger partial charge in [0, 0.05) is 16.3 Å². The summed E-state index contributed by atoms with van der Waals surface area (Å²) in [6, 6.07) is 7.16. The van der Waals surface area contributed by atoms with E-state index in [1.807, 2.05) is 18.4 Å². The van der Waals surface area contributed by atoms with E-state index in [-0.39, 0.29) is 16.9 Å². The Hall–Kier alpha value is -1.10. The average Bonchev–Trinajstić information content (AvgIpc) is 2.92. The van der Waals surface area contributed by atoms with Crippen LogP contribution in [0.5, 0.6) is 5.75 Å². The molecule has 1 unspecified atom stereocenters. The van der Waals surface area contributed by atoms with Crippen LogP contribution in [0.2, 0.25) is 5.02 Å². The van der Waals surface area contributed by atoms with Gasteiger partial charge in [-0.05, 0) is 30.7 Å². The summed E-state index contributed by atoms with van der Waals surface area (Å²) in [6.07, 6.45) is 0.559. The number of nitrogens with one attached hydrogen (secondary N) is 1. The van der Waals surface area contributed by atoms with Gasteiger partial charge >= 0.3 is 0 Å². The molecule has 0 fully saturated rings. The van der Waals surface area contributed by atoms with Gasteiger partial charge < -0.3 is 10.1 Å². The molecule has 0 saturated heterocycles. The van der Waals surface area contributed by atoms with Crippen LogP contribution in [0.25, 0.3) is 0 Å². The molecule has 108 valence electrons. The molecule has 0 amide bonds. The number of halogens is 2. The van der Waals surface area contributed by atoms with Crippen molar-refractivity contribution >= 4 is 22.9 Å². The van der Waals surface area contributed by atoms with E-state index in [9.17, 15) is 4.39 Å². The number of benzene rings is 1. The van der Waals surface area contributed by atoms with E-state index in [0.717, 1.165) is 17.2 Å². The van der Waals surface area contributed by atoms with Gasteiger partial charge in [0.1, 0.15) is 11.6 Å². The topological polar surface area (TPSA) is 21.3 Å². The van der Waals surface area contributed by atoms with Crippen molar-refractivity contribution in [2.45, 2.75) is 19.4 Å². The van der Waals surface area contributed by atoms with Crippen LogP contribution in [0, 0.1) is 5.82 Å². The molecule has 0 aliphatic heterocycles. The first-order valence-electron chi connectivity index (χ1n) is 6.44. The molecule has 0 bridgehead atoms. The van der Waals surface area contributed by atoms with Crippen LogP contribution in [0.3, 0.4) is 0 Å². The molecule has 2 aromatic rings. The summed E-state index contributed by atoms with van der Waals surface area (Å²) in [5, 5.41) is 5.50. The maximum Gasteiger partial charge on any atom is 0.145 e. The van der Waals surface area contributed by atoms with Crippen molar-refractivity contribution in [1.29, 1.82) is 0 Å². The lowest BCUT2D eigenvalue weighted by Gasteiger charge is -2.17. The predicted molar refractivity (Wildman–Crippen MR) is 82.4 cm³/mol. The second-order valence-electron chi connectivity index (χ2n) is 4.42. The molecule has 1 heterocycles. The Bertz CT molecular complexity index is 573. The highest BCUT2D eigenvalue weighted by Gasteiger charge is 2.17. The zero-order valence-electron chi connectivity index (χ0n) is 11.5. The minimum absolute atomic E-state index is 0.0573. The normalized spacial score (nSPS) is 12.4. The molecule has 0 aliphatic carbocycles. The van der Waals surface area contributed by atoms with Gasteiger partial charge in [-0.2, -0.15) is 0 Å². The second-order valence-corrected chi connectivity index (χ2v) is 5.77. The standard InChI is InChI=1S/C15H17ClFNOS/c1-3-18-13(14-8-11(19-2)9-20-14)7-10-5-4-6-12(16)15(10)17/h4-6,8-9,13,18H,3,7H2,1-2H3. The molecule has 1 atom stereocenters. The first-order chi connectivity index (χ1) is 9.65. The van der Waals surface area contributed by atoms with Crippen molar-refractivity contribution in [3.63, 3.8) is 0 Å². The largest absolute Gasteiger partial charge is 0.496 e. The fourth-order valence-electron chi connectivity index (χ4n) is 2.07. The zero-order valence-corrected chi connectivity index (χ0v) is 13.0. The molecule has 1 aromatic heterocycles. The number of ether oxygens (including phenoxy) is 1. The number of rotatable bonds is 6. The third-order valence-corrected chi connectivity index (χ3v) is 4.40. The third-order valence-electron chi connectivity index (χ3n) is 3.08. The minimum atomic E-state index is -0.333. The van der Waals surface area contributed by atoms with Crippen LogP contribution >= 0.6 is 22.9 Å². The Morgan fingerprint density at radius 3 is 2.90 bits per heavy atom. The summed E-state index contributed by atoms with van der Waals surface area (Å²) in [5.74, 6) is 0.500. The number of thiophene rings is 1. The molecule has 0 spiro atoms. The Labute approximate surface area is 127 Å². The van der Waals surface area contributed by atoms with Crippen LogP contribution in [0.4, 0.5) is 4.39 Å². The fourth-order valence-corrected chi connectivity index (χ4v) is 3.20. The Morgan fingerprint density at radius 2 is 2.25 bits per heavy atom. The lowest BCUT2D eigenvalue weighted by Crippen LogP contribution is -2.22. The van der Waals surface area contributed by atoms with Crippen molar-refractivity contribution in [3.8, 4) is 5.75 Å². The lowest BCUT2D eigenvalue weighted by molar-refractivity contribution is 0.415. The summed E-state index contributed by atoms with van der Waals surface area (Å²) in [4.78, 5) is 1.13. The Kier molecular flexibility index (Phi) is 5.40. The van der Waals surface area contributed by atoms with Gasteiger partial charge in [-0.1, -0.05) is 30.7 Å². The van der Waals surface area contributed by atoms with Crippen molar-refractivity contribution in [3.05, 3.63) is 50.9 Å². The van der Waals surface area contributed by atoms with E-state index < -0.39 is 0 Å². The predicted octanol–water partition coefficient (Wildman–Crippen LogP) is 4.44. The van der Waals surface area contributed by atoms with Gasteiger partial charge in [0.25, 0.3) is 0 Å². The van der Waals surface area contributed by atoms with E-state index in [1.165, 1.54) is 0 Å². The number of methoxy groups -OCH3 is 1. The molecule has 1 aromatic carbocycles. The second kappa shape index (κ2) is 7.07. The number of likely N-dealkylation sites (N-methyl/N-ethyl adjacent to an activating group) is 1. The molecule has 2 nitrogen and oxygen atoms in total. The van der Waals surface area contributed by atoms with E-state index in [2.05, 4.69) is 5.32 Å². The maximum absolute atomic E-state index is 14.0. The molecule has 5 heteroatoms. The highest BCUT2D eigenvalue weighted by molar-refractivity contribution is 7.10. The van der Waals surface area contributed by atoms with Gasteiger partial charge in [0.15, 0.2) is 0 Å². The summed E-state index contributed by atoms with van der Waals surface area (Å²) >= 11 is 7.44. The van der Waals surface area contributed by atoms with Crippen LogP contribution in [0.15, 0.2) is 29.6 Å². The molecular formula is C15H17ClFNOS. The molecule has 20 heavy (non-hydrogen) atoms. The zero-order chi connectivity index (χ0) is 14.5. The highest BCUT2D eigenvalue weighted by Crippen LogP contribution is 2.30. The van der Waals surface area contributed by atoms with Gasteiger partial charge in [0.2, 0.25) is 0 Å². The van der Waals surface area contributed by atoms with Gasteiger partial charge in [-0.25, -0.2) is 4.39 Å². The van der Waals surface area contributed by atoms with E-state index in [4.69, 9.17) is 16.3 Å². The fraction of sp³-hybridized carbons (Fsp3) is 0.333. The molecule has 1 N–H and O–H groups in total. The molecule has 0 radical (unpaired) electrons. The quantitative estimate of drug-likeness (QED) is 0.851. The molecule has 0 saturated carbocycles. The first kappa shape index (κ1) is 15.3. The summed E-state index contributed by atoms with van der Waals surface area (Å²) in [7, 11) is 1.64. The molecular weight excluding hydrogens is 297 g/mol. The SMILES string of the molecule is CCNC(Cc1cccc(Cl)c1F)c1cc(OC)cs1. The maximum atomic E-state index is 14.0. The summed E-state index contributed by atoms with van der Waals surface area (Å²) in [6.45, 7) is 2.85. The summed E-state index contributed by atoms with van der Waals surface area (Å²) in [5.41, 5.74) is 0.621. The average molecular weight is 314 g/mol. The lowest BCUT2D eigenvalue weighted by atomic mass is 10.0. The van der Waals surface area contributed by atoms with Crippen LogP contribution in [0.1, 0.15) is 23.4 Å². The first-order valence-corrected chi connectivity index (χ1v) is 7.70. The smallest absolute Gasteiger partial charge is 0.145 e. The van der Waals surface area contributed by atoms with Gasteiger partial charge in [0.05, 0.1) is 12.1 Å². The minimum Gasteiger partial charge on any atom is -0.496 e. The summed E-state index contributed by atoms with van der Waals surface area (Å²) < 4.78 is 19.2. The molecule has 0 aliphatic rings. The van der Waals surface area contributed by atoms with E-state index in [1.54, 1.807) is 36.6 Å².